The van der Waals surface area contributed by atoms with E-state index < -0.39 is 14.9 Å². The standard InChI is InChI=1S/C16H9N4.C15H18NSi.Ir/c1-3-7-13-11(5-1)18-16-19(13)10-9-15-17-12-6-2-4-8-14(12)20(15)16;1-12-5-7-13(8-6-12)15-10-9-14(11-16-15)17(2,3)4;/h1-7,9-10H;5-7,9-11H,1-4H3;/q2*-1;/i;1D3;. The van der Waals surface area contributed by atoms with Crippen LogP contribution >= 0.6 is 0 Å². The van der Waals surface area contributed by atoms with E-state index in [-0.39, 0.29) is 20.1 Å². The van der Waals surface area contributed by atoms with Crippen molar-refractivity contribution in [3.8, 4) is 11.3 Å². The summed E-state index contributed by atoms with van der Waals surface area (Å²) in [4.78, 5) is 13.8. The average molecular weight is 693 g/mol. The van der Waals surface area contributed by atoms with Crippen molar-refractivity contribution in [1.82, 2.24) is 23.8 Å². The van der Waals surface area contributed by atoms with E-state index in [1.54, 1.807) is 12.1 Å². The van der Waals surface area contributed by atoms with Gasteiger partial charge in [0.05, 0.1) is 19.1 Å². The van der Waals surface area contributed by atoms with Crippen LogP contribution in [0.1, 0.15) is 9.68 Å². The summed E-state index contributed by atoms with van der Waals surface area (Å²) in [6, 6.07) is 31.3. The molecule has 0 aliphatic rings. The second-order valence-electron chi connectivity index (χ2n) is 9.97. The summed E-state index contributed by atoms with van der Waals surface area (Å²) in [7, 11) is -1.34. The molecule has 4 heterocycles. The molecule has 5 nitrogen and oxygen atoms in total. The summed E-state index contributed by atoms with van der Waals surface area (Å²) in [5.74, 6) is 0.869. The molecule has 0 N–H and O–H groups in total. The van der Waals surface area contributed by atoms with E-state index in [0.717, 1.165) is 44.7 Å². The zero-order valence-corrected chi connectivity index (χ0v) is 24.6. The molecule has 7 aromatic rings. The number of aryl methyl sites for hydroxylation is 1. The molecule has 7 rings (SSSR count). The van der Waals surface area contributed by atoms with Crippen LogP contribution in [0.4, 0.5) is 0 Å². The summed E-state index contributed by atoms with van der Waals surface area (Å²) in [5, 5.41) is 1.31. The molecule has 0 aliphatic carbocycles. The molecule has 0 unspecified atom stereocenters. The molecule has 0 spiro atoms. The first-order valence-corrected chi connectivity index (χ1v) is 15.6. The zero-order valence-electron chi connectivity index (χ0n) is 24.2. The van der Waals surface area contributed by atoms with Crippen LogP contribution in [0, 0.1) is 19.0 Å². The van der Waals surface area contributed by atoms with Gasteiger partial charge in [0.2, 0.25) is 5.78 Å². The molecular formula is C31H27IrN5Si-2. The molecular weight excluding hydrogens is 663 g/mol. The summed E-state index contributed by atoms with van der Waals surface area (Å²) in [6.07, 6.45) is 3.94. The maximum absolute atomic E-state index is 7.35. The number of hydrogen-bond acceptors (Lipinski definition) is 3. The molecule has 191 valence electrons. The van der Waals surface area contributed by atoms with Gasteiger partial charge in [-0.15, -0.1) is 41.5 Å². The van der Waals surface area contributed by atoms with Gasteiger partial charge in [-0.25, -0.2) is 4.98 Å². The Bertz CT molecular complexity index is 1920. The molecule has 0 amide bonds. The van der Waals surface area contributed by atoms with Crippen molar-refractivity contribution < 1.29 is 24.2 Å². The van der Waals surface area contributed by atoms with E-state index in [4.69, 9.17) is 9.10 Å². The van der Waals surface area contributed by atoms with Crippen LogP contribution in [0.25, 0.3) is 44.7 Å². The predicted octanol–water partition coefficient (Wildman–Crippen LogP) is 6.49. The summed E-state index contributed by atoms with van der Waals surface area (Å²) in [6.45, 7) is 4.76. The van der Waals surface area contributed by atoms with Crippen molar-refractivity contribution >= 4 is 46.8 Å². The number of para-hydroxylation sites is 3. The van der Waals surface area contributed by atoms with E-state index >= 15 is 0 Å². The molecule has 0 atom stereocenters. The van der Waals surface area contributed by atoms with E-state index in [2.05, 4.69) is 62.7 Å². The van der Waals surface area contributed by atoms with Crippen LogP contribution in [0.2, 0.25) is 19.6 Å². The quantitative estimate of drug-likeness (QED) is 0.154. The number of fused-ring (bicyclic) bond motifs is 7. The SMILES string of the molecule is [2H]C([2H])([2H])c1c[c-]c(-c2ccc([Si](C)(C)C)cn2)cc1.[Ir].[c-]1cccc2nc3ccn4c5ccccc5nc4n3c12. The Kier molecular flexibility index (Phi) is 6.03. The smallest absolute Gasteiger partial charge is 0.219 e. The number of rotatable bonds is 2. The Hall–Kier alpha value is -3.64. The van der Waals surface area contributed by atoms with Gasteiger partial charge in [0, 0.05) is 36.6 Å². The van der Waals surface area contributed by atoms with Crippen LogP contribution < -0.4 is 5.19 Å². The molecule has 0 saturated heterocycles. The van der Waals surface area contributed by atoms with Crippen molar-refractivity contribution in [3.05, 3.63) is 109 Å². The van der Waals surface area contributed by atoms with Crippen molar-refractivity contribution in [2.45, 2.75) is 26.5 Å². The number of benzene rings is 3. The summed E-state index contributed by atoms with van der Waals surface area (Å²) in [5.41, 5.74) is 6.82. The zero-order chi connectivity index (χ0) is 28.1. The van der Waals surface area contributed by atoms with Gasteiger partial charge < -0.3 is 4.98 Å². The fraction of sp³-hybridized carbons (Fsp3) is 0.129. The molecule has 0 saturated carbocycles. The first kappa shape index (κ1) is 22.4. The molecule has 0 fully saturated rings. The molecule has 3 aromatic carbocycles. The first-order chi connectivity index (χ1) is 19.1. The number of aromatic nitrogens is 5. The topological polar surface area (TPSA) is 47.5 Å². The first-order valence-electron chi connectivity index (χ1n) is 13.6. The minimum atomic E-state index is -2.08. The second-order valence-corrected chi connectivity index (χ2v) is 15.0. The van der Waals surface area contributed by atoms with Gasteiger partial charge in [0.15, 0.2) is 0 Å². The molecule has 1 radical (unpaired) electrons. The Morgan fingerprint density at radius 2 is 1.71 bits per heavy atom. The van der Waals surface area contributed by atoms with Crippen molar-refractivity contribution in [2.75, 3.05) is 0 Å². The van der Waals surface area contributed by atoms with Crippen molar-refractivity contribution in [1.29, 1.82) is 0 Å². The largest absolute Gasteiger partial charge is 0.305 e. The Labute approximate surface area is 240 Å². The van der Waals surface area contributed by atoms with Gasteiger partial charge >= 0.3 is 0 Å². The Morgan fingerprint density at radius 1 is 0.868 bits per heavy atom. The fourth-order valence-electron chi connectivity index (χ4n) is 4.35. The monoisotopic (exact) mass is 693 g/mol. The van der Waals surface area contributed by atoms with E-state index in [9.17, 15) is 0 Å². The molecule has 7 heteroatoms. The third-order valence-corrected chi connectivity index (χ3v) is 8.40. The third-order valence-electron chi connectivity index (χ3n) is 6.37. The average Bonchev–Trinajstić information content (AvgIpc) is 3.51. The van der Waals surface area contributed by atoms with Gasteiger partial charge in [-0.05, 0) is 40.1 Å². The third kappa shape index (κ3) is 4.81. The van der Waals surface area contributed by atoms with Crippen LogP contribution in [-0.2, 0) is 20.1 Å². The van der Waals surface area contributed by atoms with Crippen LogP contribution in [0.5, 0.6) is 0 Å². The van der Waals surface area contributed by atoms with Crippen LogP contribution in [0.15, 0.2) is 91.3 Å². The maximum atomic E-state index is 7.35. The fourth-order valence-corrected chi connectivity index (χ4v) is 5.38. The summed E-state index contributed by atoms with van der Waals surface area (Å²) >= 11 is 0. The number of hydrogen-bond donors (Lipinski definition) is 0. The molecule has 38 heavy (non-hydrogen) atoms. The van der Waals surface area contributed by atoms with Crippen molar-refractivity contribution in [3.63, 3.8) is 0 Å². The Morgan fingerprint density at radius 3 is 2.45 bits per heavy atom. The van der Waals surface area contributed by atoms with Gasteiger partial charge in [-0.3, -0.25) is 13.8 Å². The van der Waals surface area contributed by atoms with E-state index in [1.807, 2.05) is 60.9 Å². The number of imidazole rings is 2. The normalized spacial score (nSPS) is 13.0. The van der Waals surface area contributed by atoms with Gasteiger partial charge in [0.25, 0.3) is 0 Å². The number of pyridine rings is 1. The van der Waals surface area contributed by atoms with Crippen LogP contribution in [0.3, 0.4) is 0 Å². The number of nitrogens with zero attached hydrogens (tertiary/aromatic N) is 5. The van der Waals surface area contributed by atoms with Crippen molar-refractivity contribution in [2.24, 2.45) is 0 Å². The predicted molar refractivity (Wildman–Crippen MR) is 154 cm³/mol. The second kappa shape index (κ2) is 10.3. The minimum absolute atomic E-state index is 0. The van der Waals surface area contributed by atoms with Gasteiger partial charge in [-0.1, -0.05) is 50.8 Å². The van der Waals surface area contributed by atoms with Crippen LogP contribution in [-0.4, -0.2) is 31.8 Å². The molecule has 4 aromatic heterocycles. The Balaban J connectivity index is 0.000000161. The van der Waals surface area contributed by atoms with E-state index in [0.29, 0.717) is 5.56 Å². The molecule has 0 aliphatic heterocycles. The van der Waals surface area contributed by atoms with Gasteiger partial charge in [-0.2, -0.15) is 18.2 Å². The minimum Gasteiger partial charge on any atom is -0.305 e. The maximum Gasteiger partial charge on any atom is 0.219 e. The summed E-state index contributed by atoms with van der Waals surface area (Å²) < 4.78 is 26.2. The van der Waals surface area contributed by atoms with Gasteiger partial charge in [0.1, 0.15) is 5.65 Å². The van der Waals surface area contributed by atoms with E-state index in [1.165, 1.54) is 11.3 Å². The molecule has 0 bridgehead atoms.